The molecule has 3 rings (SSSR count). The van der Waals surface area contributed by atoms with Crippen LogP contribution in [0.5, 0.6) is 5.75 Å². The van der Waals surface area contributed by atoms with E-state index in [2.05, 4.69) is 0 Å². The second kappa shape index (κ2) is 5.55. The minimum absolute atomic E-state index is 0.0211. The van der Waals surface area contributed by atoms with Crippen LogP contribution in [0.15, 0.2) is 23.1 Å². The number of amides is 1. The molecular weight excluding hydrogens is 304 g/mol. The molecule has 7 heteroatoms. The highest BCUT2D eigenvalue weighted by molar-refractivity contribution is 7.89. The number of benzene rings is 1. The van der Waals surface area contributed by atoms with Gasteiger partial charge in [0, 0.05) is 33.6 Å². The molecule has 0 aliphatic carbocycles. The predicted octanol–water partition coefficient (Wildman–Crippen LogP) is 0.720. The van der Waals surface area contributed by atoms with Crippen molar-refractivity contribution in [3.8, 4) is 5.75 Å². The summed E-state index contributed by atoms with van der Waals surface area (Å²) in [6.45, 7) is 1.13. The van der Waals surface area contributed by atoms with E-state index in [1.165, 1.54) is 9.21 Å². The first kappa shape index (κ1) is 15.3. The van der Waals surface area contributed by atoms with Crippen LogP contribution in [0.2, 0.25) is 0 Å². The predicted molar refractivity (Wildman–Crippen MR) is 81.2 cm³/mol. The Hall–Kier alpha value is -1.60. The molecule has 1 atom stereocenters. The van der Waals surface area contributed by atoms with E-state index >= 15 is 0 Å². The van der Waals surface area contributed by atoms with Crippen LogP contribution in [0.4, 0.5) is 0 Å². The average Bonchev–Trinajstić information content (AvgIpc) is 3.14. The number of hydrogen-bond donors (Lipinski definition) is 0. The van der Waals surface area contributed by atoms with Crippen molar-refractivity contribution in [1.29, 1.82) is 0 Å². The summed E-state index contributed by atoms with van der Waals surface area (Å²) in [6.07, 6.45) is 1.30. The van der Waals surface area contributed by atoms with Gasteiger partial charge >= 0.3 is 0 Å². The third kappa shape index (κ3) is 2.48. The van der Waals surface area contributed by atoms with E-state index in [0.717, 1.165) is 12.0 Å². The van der Waals surface area contributed by atoms with Gasteiger partial charge in [-0.05, 0) is 18.1 Å². The summed E-state index contributed by atoms with van der Waals surface area (Å²) in [4.78, 5) is 13.8. The molecule has 2 aliphatic heterocycles. The number of sulfonamides is 1. The molecular formula is C15H20N2O4S. The molecule has 1 amide bonds. The summed E-state index contributed by atoms with van der Waals surface area (Å²) in [5, 5.41) is 0. The van der Waals surface area contributed by atoms with Crippen molar-refractivity contribution in [2.24, 2.45) is 5.92 Å². The number of carbonyl (C=O) groups excluding carboxylic acids is 1. The first-order valence-electron chi connectivity index (χ1n) is 7.37. The number of hydrogen-bond acceptors (Lipinski definition) is 4. The Morgan fingerprint density at radius 2 is 2.14 bits per heavy atom. The molecule has 0 bridgehead atoms. The van der Waals surface area contributed by atoms with Gasteiger partial charge in [0.2, 0.25) is 15.9 Å². The topological polar surface area (TPSA) is 66.9 Å². The SMILES string of the molecule is CN(C)C(=O)C1CCN(S(=O)(=O)c2cccc3c2OCC3)C1. The quantitative estimate of drug-likeness (QED) is 0.822. The lowest BCUT2D eigenvalue weighted by atomic mass is 10.1. The van der Waals surface area contributed by atoms with Gasteiger partial charge in [-0.25, -0.2) is 8.42 Å². The van der Waals surface area contributed by atoms with Crippen molar-refractivity contribution in [1.82, 2.24) is 9.21 Å². The lowest BCUT2D eigenvalue weighted by molar-refractivity contribution is -0.132. The summed E-state index contributed by atoms with van der Waals surface area (Å²) in [6, 6.07) is 5.23. The first-order valence-corrected chi connectivity index (χ1v) is 8.81. The van der Waals surface area contributed by atoms with Gasteiger partial charge in [-0.3, -0.25) is 4.79 Å². The Morgan fingerprint density at radius 1 is 1.36 bits per heavy atom. The van der Waals surface area contributed by atoms with E-state index in [9.17, 15) is 13.2 Å². The molecule has 0 spiro atoms. The maximum absolute atomic E-state index is 12.9. The lowest BCUT2D eigenvalue weighted by Crippen LogP contribution is -2.34. The fourth-order valence-corrected chi connectivity index (χ4v) is 4.72. The van der Waals surface area contributed by atoms with Gasteiger partial charge in [-0.15, -0.1) is 0 Å². The van der Waals surface area contributed by atoms with Crippen LogP contribution in [-0.2, 0) is 21.2 Å². The molecule has 22 heavy (non-hydrogen) atoms. The molecule has 2 heterocycles. The molecule has 120 valence electrons. The minimum atomic E-state index is -3.62. The highest BCUT2D eigenvalue weighted by Gasteiger charge is 2.38. The van der Waals surface area contributed by atoms with Gasteiger partial charge in [-0.2, -0.15) is 4.31 Å². The number of nitrogens with zero attached hydrogens (tertiary/aromatic N) is 2. The molecule has 6 nitrogen and oxygen atoms in total. The van der Waals surface area contributed by atoms with E-state index < -0.39 is 10.0 Å². The van der Waals surface area contributed by atoms with E-state index in [1.807, 2.05) is 6.07 Å². The number of ether oxygens (including phenoxy) is 1. The molecule has 0 saturated carbocycles. The summed E-state index contributed by atoms with van der Waals surface area (Å²) in [5.41, 5.74) is 0.932. The maximum atomic E-state index is 12.9. The third-order valence-electron chi connectivity index (χ3n) is 4.24. The molecule has 0 radical (unpaired) electrons. The van der Waals surface area contributed by atoms with E-state index in [0.29, 0.717) is 25.3 Å². The van der Waals surface area contributed by atoms with Gasteiger partial charge in [0.15, 0.2) is 0 Å². The van der Waals surface area contributed by atoms with Crippen molar-refractivity contribution in [3.05, 3.63) is 23.8 Å². The number of para-hydroxylation sites is 1. The van der Waals surface area contributed by atoms with Crippen molar-refractivity contribution < 1.29 is 17.9 Å². The lowest BCUT2D eigenvalue weighted by Gasteiger charge is -2.19. The van der Waals surface area contributed by atoms with E-state index in [4.69, 9.17) is 4.74 Å². The third-order valence-corrected chi connectivity index (χ3v) is 6.13. The highest BCUT2D eigenvalue weighted by atomic mass is 32.2. The maximum Gasteiger partial charge on any atom is 0.246 e. The van der Waals surface area contributed by atoms with Crippen LogP contribution >= 0.6 is 0 Å². The van der Waals surface area contributed by atoms with Crippen molar-refractivity contribution >= 4 is 15.9 Å². The largest absolute Gasteiger partial charge is 0.492 e. The molecule has 0 N–H and O–H groups in total. The molecule has 1 unspecified atom stereocenters. The monoisotopic (exact) mass is 324 g/mol. The second-order valence-electron chi connectivity index (χ2n) is 5.92. The zero-order chi connectivity index (χ0) is 15.9. The van der Waals surface area contributed by atoms with Gasteiger partial charge in [0.05, 0.1) is 12.5 Å². The Labute approximate surface area is 130 Å². The van der Waals surface area contributed by atoms with Crippen molar-refractivity contribution in [3.63, 3.8) is 0 Å². The Morgan fingerprint density at radius 3 is 2.86 bits per heavy atom. The van der Waals surface area contributed by atoms with Gasteiger partial charge in [0.1, 0.15) is 10.6 Å². The number of carbonyl (C=O) groups is 1. The van der Waals surface area contributed by atoms with Crippen LogP contribution in [0.1, 0.15) is 12.0 Å². The summed E-state index contributed by atoms with van der Waals surface area (Å²) >= 11 is 0. The zero-order valence-electron chi connectivity index (χ0n) is 12.8. The summed E-state index contributed by atoms with van der Waals surface area (Å²) in [7, 11) is -0.235. The Kier molecular flexibility index (Phi) is 3.86. The smallest absolute Gasteiger partial charge is 0.246 e. The standard InChI is InChI=1S/C15H20N2O4S/c1-16(2)15(18)12-6-8-17(10-12)22(19,20)13-5-3-4-11-7-9-21-14(11)13/h3-5,12H,6-10H2,1-2H3. The van der Waals surface area contributed by atoms with E-state index in [-0.39, 0.29) is 23.3 Å². The summed E-state index contributed by atoms with van der Waals surface area (Å²) in [5.74, 6) is 0.194. The second-order valence-corrected chi connectivity index (χ2v) is 7.83. The van der Waals surface area contributed by atoms with E-state index in [1.54, 1.807) is 26.2 Å². The van der Waals surface area contributed by atoms with Gasteiger partial charge in [-0.1, -0.05) is 12.1 Å². The molecule has 1 fully saturated rings. The zero-order valence-corrected chi connectivity index (χ0v) is 13.6. The number of rotatable bonds is 3. The van der Waals surface area contributed by atoms with Gasteiger partial charge in [0.25, 0.3) is 0 Å². The van der Waals surface area contributed by atoms with Crippen LogP contribution in [0, 0.1) is 5.92 Å². The minimum Gasteiger partial charge on any atom is -0.492 e. The Balaban J connectivity index is 1.86. The molecule has 1 aromatic rings. The average molecular weight is 324 g/mol. The normalized spacial score (nSPS) is 21.5. The Bertz CT molecular complexity index is 699. The fraction of sp³-hybridized carbons (Fsp3) is 0.533. The molecule has 1 saturated heterocycles. The van der Waals surface area contributed by atoms with Crippen molar-refractivity contribution in [2.45, 2.75) is 17.7 Å². The van der Waals surface area contributed by atoms with Crippen LogP contribution < -0.4 is 4.74 Å². The van der Waals surface area contributed by atoms with Crippen LogP contribution in [0.3, 0.4) is 0 Å². The molecule has 1 aromatic carbocycles. The van der Waals surface area contributed by atoms with Crippen LogP contribution in [0.25, 0.3) is 0 Å². The highest BCUT2D eigenvalue weighted by Crippen LogP contribution is 2.36. The molecule has 2 aliphatic rings. The fourth-order valence-electron chi connectivity index (χ4n) is 3.04. The number of fused-ring (bicyclic) bond motifs is 1. The van der Waals surface area contributed by atoms with Crippen LogP contribution in [-0.4, -0.2) is 57.3 Å². The van der Waals surface area contributed by atoms with Crippen molar-refractivity contribution in [2.75, 3.05) is 33.8 Å². The first-order chi connectivity index (χ1) is 10.4. The molecule has 0 aromatic heterocycles. The van der Waals surface area contributed by atoms with Gasteiger partial charge < -0.3 is 9.64 Å². The summed E-state index contributed by atoms with van der Waals surface area (Å²) < 4.78 is 32.6.